The van der Waals surface area contributed by atoms with E-state index >= 15 is 0 Å². The Labute approximate surface area is 180 Å². The number of nitrogens with zero attached hydrogens (tertiary/aromatic N) is 3. The average Bonchev–Trinajstić information content (AvgIpc) is 3.32. The van der Waals surface area contributed by atoms with Crippen molar-refractivity contribution in [3.63, 3.8) is 0 Å². The zero-order valence-corrected chi connectivity index (χ0v) is 18.1. The van der Waals surface area contributed by atoms with Crippen LogP contribution < -0.4 is 5.32 Å². The number of carbonyl (C=O) groups excluding carboxylic acids is 1. The summed E-state index contributed by atoms with van der Waals surface area (Å²) >= 11 is 1.57. The number of rotatable bonds is 6. The molecule has 1 atom stereocenters. The van der Waals surface area contributed by atoms with Gasteiger partial charge in [-0.2, -0.15) is 0 Å². The topological polar surface area (TPSA) is 59.8 Å². The number of aromatic nitrogens is 3. The first kappa shape index (κ1) is 20.0. The number of amides is 1. The summed E-state index contributed by atoms with van der Waals surface area (Å²) in [7, 11) is 1.94. The van der Waals surface area contributed by atoms with Crippen LogP contribution in [0, 0.1) is 13.8 Å². The molecule has 2 aromatic heterocycles. The minimum absolute atomic E-state index is 0.0520. The summed E-state index contributed by atoms with van der Waals surface area (Å²) in [5.41, 5.74) is 4.13. The van der Waals surface area contributed by atoms with Gasteiger partial charge in [-0.15, -0.1) is 11.3 Å². The van der Waals surface area contributed by atoms with Crippen LogP contribution in [0.15, 0.2) is 67.0 Å². The van der Waals surface area contributed by atoms with Crippen molar-refractivity contribution in [2.24, 2.45) is 7.05 Å². The fourth-order valence-corrected chi connectivity index (χ4v) is 4.44. The molecule has 152 valence electrons. The molecule has 0 fully saturated rings. The SMILES string of the molecule is Cc1ccc(-c2nc(C)sc2CC(=O)NC(c2ccccc2)c2nccn2C)cc1. The predicted molar refractivity (Wildman–Crippen MR) is 120 cm³/mol. The van der Waals surface area contributed by atoms with Crippen LogP contribution in [0.4, 0.5) is 0 Å². The van der Waals surface area contributed by atoms with Gasteiger partial charge in [0.2, 0.25) is 5.91 Å². The Morgan fingerprint density at radius 1 is 1.10 bits per heavy atom. The molecule has 4 aromatic rings. The summed E-state index contributed by atoms with van der Waals surface area (Å²) in [5.74, 6) is 0.748. The van der Waals surface area contributed by atoms with Crippen molar-refractivity contribution < 1.29 is 4.79 Å². The second-order valence-corrected chi connectivity index (χ2v) is 8.64. The van der Waals surface area contributed by atoms with E-state index in [1.807, 2.05) is 55.1 Å². The second-order valence-electron chi connectivity index (χ2n) is 7.36. The molecule has 1 N–H and O–H groups in total. The number of carbonyl (C=O) groups is 1. The number of imidazole rings is 1. The Hall–Kier alpha value is -3.25. The molecular formula is C24H24N4OS. The maximum atomic E-state index is 13.1. The molecular weight excluding hydrogens is 392 g/mol. The second kappa shape index (κ2) is 8.63. The third kappa shape index (κ3) is 4.33. The first-order chi connectivity index (χ1) is 14.5. The third-order valence-electron chi connectivity index (χ3n) is 5.01. The number of hydrogen-bond acceptors (Lipinski definition) is 4. The van der Waals surface area contributed by atoms with Crippen LogP contribution >= 0.6 is 11.3 Å². The van der Waals surface area contributed by atoms with E-state index in [9.17, 15) is 4.79 Å². The molecule has 2 aromatic carbocycles. The van der Waals surface area contributed by atoms with E-state index in [4.69, 9.17) is 0 Å². The maximum absolute atomic E-state index is 13.1. The molecule has 1 unspecified atom stereocenters. The van der Waals surface area contributed by atoms with Crippen molar-refractivity contribution in [2.75, 3.05) is 0 Å². The summed E-state index contributed by atoms with van der Waals surface area (Å²) in [5, 5.41) is 4.13. The Morgan fingerprint density at radius 3 is 2.50 bits per heavy atom. The normalized spacial score (nSPS) is 12.0. The lowest BCUT2D eigenvalue weighted by Crippen LogP contribution is -2.32. The molecule has 0 spiro atoms. The highest BCUT2D eigenvalue weighted by molar-refractivity contribution is 7.12. The van der Waals surface area contributed by atoms with Gasteiger partial charge in [-0.3, -0.25) is 4.79 Å². The molecule has 30 heavy (non-hydrogen) atoms. The lowest BCUT2D eigenvalue weighted by molar-refractivity contribution is -0.120. The van der Waals surface area contributed by atoms with Crippen molar-refractivity contribution in [1.82, 2.24) is 19.9 Å². The van der Waals surface area contributed by atoms with Crippen LogP contribution in [-0.4, -0.2) is 20.4 Å². The molecule has 0 aliphatic rings. The van der Waals surface area contributed by atoms with Crippen molar-refractivity contribution >= 4 is 17.2 Å². The first-order valence-corrected chi connectivity index (χ1v) is 10.7. The molecule has 0 aliphatic heterocycles. The van der Waals surface area contributed by atoms with E-state index in [-0.39, 0.29) is 18.4 Å². The molecule has 4 rings (SSSR count). The van der Waals surface area contributed by atoms with Gasteiger partial charge in [0.15, 0.2) is 0 Å². The van der Waals surface area contributed by atoms with Gasteiger partial charge in [-0.25, -0.2) is 9.97 Å². The molecule has 0 aliphatic carbocycles. The van der Waals surface area contributed by atoms with Crippen LogP contribution in [0.2, 0.25) is 0 Å². The smallest absolute Gasteiger partial charge is 0.226 e. The van der Waals surface area contributed by atoms with Crippen LogP contribution in [0.1, 0.15) is 32.9 Å². The monoisotopic (exact) mass is 416 g/mol. The molecule has 0 saturated carbocycles. The Balaban J connectivity index is 1.59. The average molecular weight is 417 g/mol. The van der Waals surface area contributed by atoms with Gasteiger partial charge in [0.25, 0.3) is 0 Å². The number of hydrogen-bond donors (Lipinski definition) is 1. The van der Waals surface area contributed by atoms with Gasteiger partial charge in [-0.05, 0) is 19.4 Å². The Bertz CT molecular complexity index is 1150. The van der Waals surface area contributed by atoms with Gasteiger partial charge >= 0.3 is 0 Å². The van der Waals surface area contributed by atoms with Gasteiger partial charge in [0.05, 0.1) is 17.1 Å². The van der Waals surface area contributed by atoms with E-state index in [1.165, 1.54) is 5.56 Å². The first-order valence-electron chi connectivity index (χ1n) is 9.86. The molecule has 2 heterocycles. The third-order valence-corrected chi connectivity index (χ3v) is 5.98. The Kier molecular flexibility index (Phi) is 5.77. The van der Waals surface area contributed by atoms with E-state index in [2.05, 4.69) is 46.5 Å². The van der Waals surface area contributed by atoms with Crippen molar-refractivity contribution in [2.45, 2.75) is 26.3 Å². The van der Waals surface area contributed by atoms with Crippen LogP contribution in [-0.2, 0) is 18.3 Å². The van der Waals surface area contributed by atoms with Crippen LogP contribution in [0.3, 0.4) is 0 Å². The summed E-state index contributed by atoms with van der Waals surface area (Å²) in [6.07, 6.45) is 3.92. The van der Waals surface area contributed by atoms with E-state index < -0.39 is 0 Å². The molecule has 0 bridgehead atoms. The van der Waals surface area contributed by atoms with E-state index in [1.54, 1.807) is 17.5 Å². The van der Waals surface area contributed by atoms with Crippen LogP contribution in [0.5, 0.6) is 0 Å². The highest BCUT2D eigenvalue weighted by atomic mass is 32.1. The molecule has 1 amide bonds. The van der Waals surface area contributed by atoms with Crippen molar-refractivity contribution in [1.29, 1.82) is 0 Å². The standard InChI is InChI=1S/C24H24N4OS/c1-16-9-11-19(12-10-16)22-20(30-17(2)26-22)15-21(29)27-23(18-7-5-4-6-8-18)24-25-13-14-28(24)3/h4-14,23H,15H2,1-3H3,(H,27,29). The number of nitrogens with one attached hydrogen (secondary N) is 1. The van der Waals surface area contributed by atoms with E-state index in [0.717, 1.165) is 32.5 Å². The highest BCUT2D eigenvalue weighted by Crippen LogP contribution is 2.29. The minimum atomic E-state index is -0.310. The molecule has 5 nitrogen and oxygen atoms in total. The highest BCUT2D eigenvalue weighted by Gasteiger charge is 2.22. The molecule has 0 saturated heterocycles. The van der Waals surface area contributed by atoms with Crippen molar-refractivity contribution in [3.05, 3.63) is 93.8 Å². The van der Waals surface area contributed by atoms with Gasteiger partial charge in [-0.1, -0.05) is 60.2 Å². The zero-order valence-electron chi connectivity index (χ0n) is 17.3. The quantitative estimate of drug-likeness (QED) is 0.499. The summed E-state index contributed by atoms with van der Waals surface area (Å²) in [6.45, 7) is 4.04. The summed E-state index contributed by atoms with van der Waals surface area (Å²) in [6, 6.07) is 17.9. The van der Waals surface area contributed by atoms with Crippen molar-refractivity contribution in [3.8, 4) is 11.3 Å². The maximum Gasteiger partial charge on any atom is 0.226 e. The number of thiazole rings is 1. The van der Waals surface area contributed by atoms with Crippen LogP contribution in [0.25, 0.3) is 11.3 Å². The summed E-state index contributed by atoms with van der Waals surface area (Å²) < 4.78 is 1.94. The minimum Gasteiger partial charge on any atom is -0.342 e. The lowest BCUT2D eigenvalue weighted by Gasteiger charge is -2.19. The van der Waals surface area contributed by atoms with Gasteiger partial charge < -0.3 is 9.88 Å². The molecule has 0 radical (unpaired) electrons. The number of benzene rings is 2. The lowest BCUT2D eigenvalue weighted by atomic mass is 10.1. The van der Waals surface area contributed by atoms with Gasteiger partial charge in [0, 0.05) is 29.9 Å². The fraction of sp³-hybridized carbons (Fsp3) is 0.208. The summed E-state index contributed by atoms with van der Waals surface area (Å²) in [4.78, 5) is 23.2. The predicted octanol–water partition coefficient (Wildman–Crippen LogP) is 4.61. The number of aryl methyl sites for hydroxylation is 3. The van der Waals surface area contributed by atoms with E-state index in [0.29, 0.717) is 0 Å². The Morgan fingerprint density at radius 2 is 1.83 bits per heavy atom. The molecule has 6 heteroatoms. The fourth-order valence-electron chi connectivity index (χ4n) is 3.48. The zero-order chi connectivity index (χ0) is 21.1. The largest absolute Gasteiger partial charge is 0.342 e. The van der Waals surface area contributed by atoms with Gasteiger partial charge in [0.1, 0.15) is 11.9 Å².